The molecule has 0 aliphatic carbocycles. The van der Waals surface area contributed by atoms with Crippen LogP contribution in [0.2, 0.25) is 0 Å². The molecule has 45 heavy (non-hydrogen) atoms. The van der Waals surface area contributed by atoms with Gasteiger partial charge in [-0.1, -0.05) is 83.4 Å². The highest BCUT2D eigenvalue weighted by Gasteiger charge is 2.56. The maximum absolute atomic E-state index is 13.2. The smallest absolute Gasteiger partial charge is 0.453 e. The Kier molecular flexibility index (Phi) is 13.0. The Balaban J connectivity index is 1.46. The average molecular weight is 659 g/mol. The zero-order valence-corrected chi connectivity index (χ0v) is 27.1. The summed E-state index contributed by atoms with van der Waals surface area (Å²) in [4.78, 5) is 13.2. The lowest BCUT2D eigenvalue weighted by Gasteiger charge is -2.43. The van der Waals surface area contributed by atoms with Gasteiger partial charge in [0.15, 0.2) is 0 Å². The molecule has 0 fully saturated rings. The molecule has 3 rings (SSSR count). The third-order valence-electron chi connectivity index (χ3n) is 9.79. The number of halogens is 5. The minimum atomic E-state index is -5.55. The molecule has 0 saturated heterocycles. The lowest BCUT2D eigenvalue weighted by atomic mass is 9.68. The van der Waals surface area contributed by atoms with Crippen molar-refractivity contribution in [2.75, 3.05) is 5.75 Å². The number of rotatable bonds is 18. The molecule has 0 saturated carbocycles. The summed E-state index contributed by atoms with van der Waals surface area (Å²) in [6, 6.07) is 13.1. The lowest BCUT2D eigenvalue weighted by molar-refractivity contribution is -0.284. The number of aliphatic carboxylic acids is 1. The van der Waals surface area contributed by atoms with E-state index in [1.807, 2.05) is 24.3 Å². The van der Waals surface area contributed by atoms with Gasteiger partial charge in [0.2, 0.25) is 0 Å². The highest BCUT2D eigenvalue weighted by molar-refractivity contribution is 7.99. The van der Waals surface area contributed by atoms with Crippen LogP contribution in [0, 0.1) is 5.41 Å². The summed E-state index contributed by atoms with van der Waals surface area (Å²) >= 11 is 1.74. The Labute approximate surface area is 267 Å². The van der Waals surface area contributed by atoms with Gasteiger partial charge in [0.25, 0.3) is 0 Å². The van der Waals surface area contributed by atoms with Crippen LogP contribution in [0.3, 0.4) is 0 Å². The number of carboxylic acid groups (broad SMARTS) is 1. The van der Waals surface area contributed by atoms with E-state index in [4.69, 9.17) is 0 Å². The molecule has 3 atom stereocenters. The van der Waals surface area contributed by atoms with E-state index in [0.717, 1.165) is 55.6 Å². The van der Waals surface area contributed by atoms with Crippen LogP contribution in [0.25, 0.3) is 0 Å². The minimum absolute atomic E-state index is 0.137. The molecular weight excluding hydrogens is 611 g/mol. The number of phenolic OH excluding ortho intramolecular Hbond substituents is 2. The van der Waals surface area contributed by atoms with Gasteiger partial charge in [-0.05, 0) is 73.4 Å². The molecule has 10 heteroatoms. The fourth-order valence-corrected chi connectivity index (χ4v) is 8.10. The maximum atomic E-state index is 13.2. The van der Waals surface area contributed by atoms with Crippen molar-refractivity contribution in [2.24, 2.45) is 5.41 Å². The predicted octanol–water partition coefficient (Wildman–Crippen LogP) is 11.0. The van der Waals surface area contributed by atoms with E-state index in [-0.39, 0.29) is 42.1 Å². The third kappa shape index (κ3) is 9.52. The van der Waals surface area contributed by atoms with Crippen LogP contribution in [0.4, 0.5) is 22.0 Å². The highest BCUT2D eigenvalue weighted by atomic mass is 32.2. The first-order valence-electron chi connectivity index (χ1n) is 16.1. The normalized spacial score (nSPS) is 20.0. The van der Waals surface area contributed by atoms with E-state index in [0.29, 0.717) is 19.3 Å². The fourth-order valence-electron chi connectivity index (χ4n) is 6.70. The molecule has 0 radical (unpaired) electrons. The van der Waals surface area contributed by atoms with Crippen LogP contribution < -0.4 is 0 Å². The van der Waals surface area contributed by atoms with Crippen molar-refractivity contribution in [1.29, 1.82) is 0 Å². The molecule has 0 aromatic heterocycles. The van der Waals surface area contributed by atoms with Gasteiger partial charge in [0.1, 0.15) is 11.5 Å². The largest absolute Gasteiger partial charge is 0.508 e. The van der Waals surface area contributed by atoms with Crippen molar-refractivity contribution in [3.63, 3.8) is 0 Å². The van der Waals surface area contributed by atoms with E-state index < -0.39 is 29.9 Å². The van der Waals surface area contributed by atoms with Crippen LogP contribution in [0.1, 0.15) is 121 Å². The van der Waals surface area contributed by atoms with Crippen LogP contribution >= 0.6 is 11.8 Å². The monoisotopic (exact) mass is 658 g/mol. The average Bonchev–Trinajstić information content (AvgIpc) is 2.97. The standard InChI is InChI=1S/C35H47F5O4S/c1-3-33(31(43)44,21-11-8-12-22-34(36,37)35(38,39)40)20-10-7-5-4-6-9-13-29-28-19-18-27(42)23-30(28)45-24-32(29,2)25-14-16-26(41)17-15-25/h14-19,23,29,41-42H,3-13,20-22,24H2,1-2H3,(H,43,44). The molecule has 0 bridgehead atoms. The van der Waals surface area contributed by atoms with Crippen molar-refractivity contribution in [3.05, 3.63) is 53.6 Å². The second-order valence-electron chi connectivity index (χ2n) is 12.9. The summed E-state index contributed by atoms with van der Waals surface area (Å²) in [5.74, 6) is -4.03. The molecule has 1 heterocycles. The molecule has 1 aliphatic heterocycles. The molecule has 4 nitrogen and oxygen atoms in total. The van der Waals surface area contributed by atoms with Gasteiger partial charge in [-0.2, -0.15) is 22.0 Å². The van der Waals surface area contributed by atoms with Gasteiger partial charge in [-0.3, -0.25) is 4.79 Å². The number of carbonyl (C=O) groups is 1. The van der Waals surface area contributed by atoms with Crippen molar-refractivity contribution in [3.8, 4) is 11.5 Å². The zero-order valence-electron chi connectivity index (χ0n) is 26.3. The Morgan fingerprint density at radius 1 is 0.822 bits per heavy atom. The van der Waals surface area contributed by atoms with Gasteiger partial charge in [-0.15, -0.1) is 11.8 Å². The number of fused-ring (bicyclic) bond motifs is 1. The highest BCUT2D eigenvalue weighted by Crippen LogP contribution is 2.52. The van der Waals surface area contributed by atoms with Crippen molar-refractivity contribution in [2.45, 2.75) is 132 Å². The molecular formula is C35H47F5O4S. The molecule has 0 spiro atoms. The molecule has 2 aromatic carbocycles. The first-order valence-corrected chi connectivity index (χ1v) is 17.1. The van der Waals surface area contributed by atoms with Crippen molar-refractivity contribution in [1.82, 2.24) is 0 Å². The summed E-state index contributed by atoms with van der Waals surface area (Å²) in [7, 11) is 0. The van der Waals surface area contributed by atoms with Crippen molar-refractivity contribution >= 4 is 17.7 Å². The minimum Gasteiger partial charge on any atom is -0.508 e. The van der Waals surface area contributed by atoms with Gasteiger partial charge < -0.3 is 15.3 Å². The third-order valence-corrected chi connectivity index (χ3v) is 11.2. The van der Waals surface area contributed by atoms with Crippen LogP contribution in [-0.4, -0.2) is 39.1 Å². The Morgan fingerprint density at radius 2 is 1.36 bits per heavy atom. The lowest BCUT2D eigenvalue weighted by Crippen LogP contribution is -2.36. The van der Waals surface area contributed by atoms with Crippen molar-refractivity contribution < 1.29 is 42.1 Å². The van der Waals surface area contributed by atoms with E-state index in [1.54, 1.807) is 36.9 Å². The van der Waals surface area contributed by atoms with Gasteiger partial charge in [-0.25, -0.2) is 0 Å². The Hall–Kier alpha value is -2.49. The van der Waals surface area contributed by atoms with Crippen LogP contribution in [0.5, 0.6) is 11.5 Å². The number of aromatic hydroxyl groups is 2. The second kappa shape index (κ2) is 15.9. The number of unbranched alkanes of at least 4 members (excludes halogenated alkanes) is 7. The number of phenols is 2. The van der Waals surface area contributed by atoms with Crippen LogP contribution in [0.15, 0.2) is 47.4 Å². The van der Waals surface area contributed by atoms with E-state index in [1.165, 1.54) is 11.1 Å². The quantitative estimate of drug-likeness (QED) is 0.110. The summed E-state index contributed by atoms with van der Waals surface area (Å²) in [5.41, 5.74) is 1.29. The molecule has 0 amide bonds. The SMILES string of the molecule is CCC(CCCCCCCCC1c2ccc(O)cc2SCC1(C)c1ccc(O)cc1)(CCCCCC(F)(F)C(F)(F)F)C(=O)O. The van der Waals surface area contributed by atoms with Gasteiger partial charge >= 0.3 is 18.1 Å². The molecule has 1 aliphatic rings. The summed E-state index contributed by atoms with van der Waals surface area (Å²) in [6.45, 7) is 4.06. The topological polar surface area (TPSA) is 77.8 Å². The zero-order chi connectivity index (χ0) is 33.3. The molecule has 2 aromatic rings. The van der Waals surface area contributed by atoms with E-state index in [9.17, 15) is 42.1 Å². The number of thioether (sulfide) groups is 1. The molecule has 3 N–H and O–H groups in total. The predicted molar refractivity (Wildman–Crippen MR) is 168 cm³/mol. The summed E-state index contributed by atoms with van der Waals surface area (Å²) in [5, 5.41) is 29.8. The van der Waals surface area contributed by atoms with Gasteiger partial charge in [0, 0.05) is 22.5 Å². The van der Waals surface area contributed by atoms with E-state index >= 15 is 0 Å². The van der Waals surface area contributed by atoms with E-state index in [2.05, 4.69) is 6.92 Å². The number of hydrogen-bond donors (Lipinski definition) is 3. The van der Waals surface area contributed by atoms with Crippen LogP contribution in [-0.2, 0) is 10.2 Å². The summed E-state index contributed by atoms with van der Waals surface area (Å²) < 4.78 is 63.4. The number of hydrogen-bond acceptors (Lipinski definition) is 4. The molecule has 252 valence electrons. The second-order valence-corrected chi connectivity index (χ2v) is 13.9. The maximum Gasteiger partial charge on any atom is 0.453 e. The molecule has 3 unspecified atom stereocenters. The first-order chi connectivity index (χ1) is 21.1. The first kappa shape index (κ1) is 37.0. The Bertz CT molecular complexity index is 1240. The summed E-state index contributed by atoms with van der Waals surface area (Å²) in [6.07, 6.45) is 1.05. The van der Waals surface area contributed by atoms with Gasteiger partial charge in [0.05, 0.1) is 5.41 Å². The number of carboxylic acids is 1. The fraction of sp³-hybridized carbons (Fsp3) is 0.629. The Morgan fingerprint density at radius 3 is 1.93 bits per heavy atom. The number of benzene rings is 2. The number of alkyl halides is 5.